The van der Waals surface area contributed by atoms with Gasteiger partial charge in [-0.05, 0) is 45.2 Å². The molecule has 1 saturated heterocycles. The monoisotopic (exact) mass is 268 g/mol. The van der Waals surface area contributed by atoms with E-state index in [1.165, 1.54) is 6.42 Å². The van der Waals surface area contributed by atoms with E-state index in [0.717, 1.165) is 12.8 Å². The third kappa shape index (κ3) is 2.43. The molecule has 0 saturated carbocycles. The van der Waals surface area contributed by atoms with Gasteiger partial charge >= 0.3 is 5.97 Å². The zero-order valence-electron chi connectivity index (χ0n) is 10.6. The Morgan fingerprint density at radius 1 is 1.39 bits per heavy atom. The number of aromatic nitrogens is 1. The van der Waals surface area contributed by atoms with Crippen molar-refractivity contribution in [1.82, 2.24) is 4.98 Å². The lowest BCUT2D eigenvalue weighted by Crippen LogP contribution is -2.44. The maximum Gasteiger partial charge on any atom is 0.356 e. The molecule has 0 spiro atoms. The highest BCUT2D eigenvalue weighted by Crippen LogP contribution is 2.29. The Morgan fingerprint density at radius 3 is 2.56 bits per heavy atom. The molecule has 0 aliphatic carbocycles. The molecule has 0 aromatic carbocycles. The molecule has 1 aromatic rings. The van der Waals surface area contributed by atoms with Gasteiger partial charge in [-0.2, -0.15) is 0 Å². The molecule has 0 bridgehead atoms. The van der Waals surface area contributed by atoms with Gasteiger partial charge < -0.3 is 10.0 Å². The number of carbonyl (C=O) groups is 1. The van der Waals surface area contributed by atoms with Crippen LogP contribution in [-0.2, 0) is 0 Å². The third-order valence-electron chi connectivity index (χ3n) is 3.49. The summed E-state index contributed by atoms with van der Waals surface area (Å²) in [6.45, 7) is 4.29. The predicted octanol–water partition coefficient (Wildman–Crippen LogP) is 3.20. The summed E-state index contributed by atoms with van der Waals surface area (Å²) < 4.78 is 0. The molecule has 1 fully saturated rings. The molecule has 1 aliphatic heterocycles. The second-order valence-electron chi connectivity index (χ2n) is 4.84. The maximum atomic E-state index is 11.1. The molecule has 2 heterocycles. The van der Waals surface area contributed by atoms with Crippen LogP contribution in [0.3, 0.4) is 0 Å². The van der Waals surface area contributed by atoms with E-state index >= 15 is 0 Å². The quantitative estimate of drug-likeness (QED) is 0.895. The van der Waals surface area contributed by atoms with Crippen molar-refractivity contribution in [2.24, 2.45) is 0 Å². The highest BCUT2D eigenvalue weighted by Gasteiger charge is 2.26. The summed E-state index contributed by atoms with van der Waals surface area (Å²) in [5.74, 6) is -0.379. The summed E-state index contributed by atoms with van der Waals surface area (Å²) in [5.41, 5.74) is -0.0702. The van der Waals surface area contributed by atoms with Crippen LogP contribution in [0.4, 0.5) is 5.82 Å². The Morgan fingerprint density at radius 2 is 2.00 bits per heavy atom. The highest BCUT2D eigenvalue weighted by molar-refractivity contribution is 6.33. The average molecular weight is 269 g/mol. The third-order valence-corrected chi connectivity index (χ3v) is 3.80. The lowest BCUT2D eigenvalue weighted by Gasteiger charge is -2.40. The van der Waals surface area contributed by atoms with Crippen LogP contribution in [0.15, 0.2) is 12.1 Å². The Hall–Kier alpha value is -1.29. The SMILES string of the molecule is CC1CCCC(C)N1c1ccc(Cl)c(C(=O)O)n1. The highest BCUT2D eigenvalue weighted by atomic mass is 35.5. The number of piperidine rings is 1. The Bertz CT molecular complexity index is 454. The first-order valence-corrected chi connectivity index (χ1v) is 6.56. The normalized spacial score (nSPS) is 24.1. The number of hydrogen-bond acceptors (Lipinski definition) is 3. The maximum absolute atomic E-state index is 11.1. The standard InChI is InChI=1S/C13H17ClN2O2/c1-8-4-3-5-9(2)16(8)11-7-6-10(14)12(15-11)13(17)18/h6-9H,3-5H2,1-2H3,(H,17,18). The van der Waals surface area contributed by atoms with Crippen LogP contribution in [0.25, 0.3) is 0 Å². The molecule has 2 atom stereocenters. The number of hydrogen-bond donors (Lipinski definition) is 1. The van der Waals surface area contributed by atoms with E-state index in [1.807, 2.05) is 0 Å². The van der Waals surface area contributed by atoms with Crippen molar-refractivity contribution in [3.8, 4) is 0 Å². The largest absolute Gasteiger partial charge is 0.476 e. The molecule has 5 heteroatoms. The fourth-order valence-electron chi connectivity index (χ4n) is 2.60. The summed E-state index contributed by atoms with van der Waals surface area (Å²) in [7, 11) is 0. The Labute approximate surface area is 112 Å². The van der Waals surface area contributed by atoms with Crippen LogP contribution < -0.4 is 4.90 Å². The van der Waals surface area contributed by atoms with Crippen molar-refractivity contribution in [2.75, 3.05) is 4.90 Å². The fourth-order valence-corrected chi connectivity index (χ4v) is 2.78. The minimum Gasteiger partial charge on any atom is -0.476 e. The first-order valence-electron chi connectivity index (χ1n) is 6.19. The molecule has 98 valence electrons. The van der Waals surface area contributed by atoms with E-state index in [9.17, 15) is 4.79 Å². The van der Waals surface area contributed by atoms with Gasteiger partial charge in [-0.25, -0.2) is 9.78 Å². The topological polar surface area (TPSA) is 53.4 Å². The van der Waals surface area contributed by atoms with Crippen molar-refractivity contribution in [3.05, 3.63) is 22.8 Å². The molecule has 1 N–H and O–H groups in total. The van der Waals surface area contributed by atoms with Crippen molar-refractivity contribution in [3.63, 3.8) is 0 Å². The molecular formula is C13H17ClN2O2. The Kier molecular flexibility index (Phi) is 3.76. The van der Waals surface area contributed by atoms with Crippen LogP contribution in [0.5, 0.6) is 0 Å². The van der Waals surface area contributed by atoms with E-state index in [-0.39, 0.29) is 10.7 Å². The number of nitrogens with zero attached hydrogens (tertiary/aromatic N) is 2. The van der Waals surface area contributed by atoms with Crippen molar-refractivity contribution in [1.29, 1.82) is 0 Å². The predicted molar refractivity (Wildman–Crippen MR) is 71.5 cm³/mol. The fraction of sp³-hybridized carbons (Fsp3) is 0.538. The van der Waals surface area contributed by atoms with Gasteiger partial charge in [0.25, 0.3) is 0 Å². The van der Waals surface area contributed by atoms with E-state index in [2.05, 4.69) is 23.7 Å². The number of halogens is 1. The summed E-state index contributed by atoms with van der Waals surface area (Å²) in [6, 6.07) is 4.17. The summed E-state index contributed by atoms with van der Waals surface area (Å²) in [5, 5.41) is 9.24. The van der Waals surface area contributed by atoms with Gasteiger partial charge in [-0.3, -0.25) is 0 Å². The van der Waals surface area contributed by atoms with Gasteiger partial charge in [0.1, 0.15) is 5.82 Å². The second kappa shape index (κ2) is 5.14. The van der Waals surface area contributed by atoms with Gasteiger partial charge in [0, 0.05) is 12.1 Å². The van der Waals surface area contributed by atoms with Crippen molar-refractivity contribution >= 4 is 23.4 Å². The summed E-state index contributed by atoms with van der Waals surface area (Å²) >= 11 is 5.84. The van der Waals surface area contributed by atoms with Crippen LogP contribution in [-0.4, -0.2) is 28.1 Å². The Balaban J connectivity index is 2.38. The van der Waals surface area contributed by atoms with Crippen LogP contribution in [0, 0.1) is 0 Å². The summed E-state index contributed by atoms with van der Waals surface area (Å²) in [4.78, 5) is 17.4. The number of carboxylic acid groups (broad SMARTS) is 1. The molecule has 0 radical (unpaired) electrons. The van der Waals surface area contributed by atoms with Gasteiger partial charge in [0.05, 0.1) is 5.02 Å². The summed E-state index contributed by atoms with van der Waals surface area (Å²) in [6.07, 6.45) is 3.42. The minimum atomic E-state index is -1.08. The van der Waals surface area contributed by atoms with E-state index in [4.69, 9.17) is 16.7 Å². The van der Waals surface area contributed by atoms with Gasteiger partial charge in [0.2, 0.25) is 0 Å². The second-order valence-corrected chi connectivity index (χ2v) is 5.25. The zero-order chi connectivity index (χ0) is 13.3. The van der Waals surface area contributed by atoms with Gasteiger partial charge in [0.15, 0.2) is 5.69 Å². The minimum absolute atomic E-state index is 0.0702. The molecule has 2 unspecified atom stereocenters. The van der Waals surface area contributed by atoms with Crippen LogP contribution >= 0.6 is 11.6 Å². The van der Waals surface area contributed by atoms with Gasteiger partial charge in [-0.1, -0.05) is 11.6 Å². The van der Waals surface area contributed by atoms with E-state index in [1.54, 1.807) is 12.1 Å². The average Bonchev–Trinajstić information content (AvgIpc) is 2.30. The molecule has 2 rings (SSSR count). The number of anilines is 1. The molecule has 1 aliphatic rings. The lowest BCUT2D eigenvalue weighted by atomic mass is 9.97. The number of pyridine rings is 1. The van der Waals surface area contributed by atoms with Gasteiger partial charge in [-0.15, -0.1) is 0 Å². The first-order chi connectivity index (χ1) is 8.50. The van der Waals surface area contributed by atoms with Crippen molar-refractivity contribution in [2.45, 2.75) is 45.2 Å². The van der Waals surface area contributed by atoms with E-state index in [0.29, 0.717) is 17.9 Å². The van der Waals surface area contributed by atoms with E-state index < -0.39 is 5.97 Å². The molecular weight excluding hydrogens is 252 g/mol. The number of carboxylic acids is 1. The van der Waals surface area contributed by atoms with Crippen LogP contribution in [0.1, 0.15) is 43.6 Å². The van der Waals surface area contributed by atoms with Crippen molar-refractivity contribution < 1.29 is 9.90 Å². The number of aromatic carboxylic acids is 1. The molecule has 4 nitrogen and oxygen atoms in total. The zero-order valence-corrected chi connectivity index (χ0v) is 11.3. The number of rotatable bonds is 2. The molecule has 18 heavy (non-hydrogen) atoms. The smallest absolute Gasteiger partial charge is 0.356 e. The van der Waals surface area contributed by atoms with Crippen LogP contribution in [0.2, 0.25) is 5.02 Å². The first kappa shape index (κ1) is 13.1. The molecule has 1 aromatic heterocycles. The lowest BCUT2D eigenvalue weighted by molar-refractivity contribution is 0.0690. The molecule has 0 amide bonds.